The highest BCUT2D eigenvalue weighted by Crippen LogP contribution is 2.36. The number of nitrogens with zero attached hydrogens (tertiary/aromatic N) is 1. The summed E-state index contributed by atoms with van der Waals surface area (Å²) in [5, 5.41) is 12.7. The number of aliphatic hydroxyl groups excluding tert-OH is 1. The van der Waals surface area contributed by atoms with E-state index in [9.17, 15) is 5.11 Å². The molecule has 0 bridgehead atoms. The van der Waals surface area contributed by atoms with Gasteiger partial charge in [-0.2, -0.15) is 0 Å². The van der Waals surface area contributed by atoms with Crippen molar-refractivity contribution in [2.24, 2.45) is 0 Å². The van der Waals surface area contributed by atoms with E-state index in [1.807, 2.05) is 5.38 Å². The molecule has 1 aromatic heterocycles. The van der Waals surface area contributed by atoms with E-state index in [0.717, 1.165) is 28.9 Å². The fourth-order valence-electron chi connectivity index (χ4n) is 1.67. The molecule has 1 heterocycles. The van der Waals surface area contributed by atoms with Gasteiger partial charge in [-0.05, 0) is 28.8 Å². The maximum atomic E-state index is 9.60. The molecule has 1 aliphatic rings. The molecule has 1 saturated carbocycles. The minimum absolute atomic E-state index is 0.164. The molecule has 0 unspecified atom stereocenters. The van der Waals surface area contributed by atoms with Crippen molar-refractivity contribution in [2.45, 2.75) is 31.3 Å². The molecule has 0 saturated heterocycles. The lowest BCUT2D eigenvalue weighted by Gasteiger charge is -2.09. The second kappa shape index (κ2) is 3.44. The van der Waals surface area contributed by atoms with E-state index >= 15 is 0 Å². The van der Waals surface area contributed by atoms with E-state index in [-0.39, 0.29) is 6.10 Å². The summed E-state index contributed by atoms with van der Waals surface area (Å²) in [5.74, 6) is 0.293. The summed E-state index contributed by atoms with van der Waals surface area (Å²) in [5.41, 5.74) is 0. The molecule has 0 aromatic carbocycles. The molecule has 12 heavy (non-hydrogen) atoms. The Kier molecular flexibility index (Phi) is 2.48. The molecule has 66 valence electrons. The smallest absolute Gasteiger partial charge is 0.117 e. The van der Waals surface area contributed by atoms with Crippen molar-refractivity contribution >= 4 is 27.3 Å². The van der Waals surface area contributed by atoms with Crippen LogP contribution in [-0.4, -0.2) is 16.2 Å². The highest BCUT2D eigenvalue weighted by molar-refractivity contribution is 9.10. The van der Waals surface area contributed by atoms with Crippen LogP contribution in [0.25, 0.3) is 0 Å². The third kappa shape index (κ3) is 1.56. The van der Waals surface area contributed by atoms with Gasteiger partial charge < -0.3 is 5.11 Å². The van der Waals surface area contributed by atoms with Crippen molar-refractivity contribution in [1.82, 2.24) is 4.98 Å². The van der Waals surface area contributed by atoms with Crippen molar-refractivity contribution in [1.29, 1.82) is 0 Å². The van der Waals surface area contributed by atoms with Crippen molar-refractivity contribution < 1.29 is 5.11 Å². The number of hydrogen-bond acceptors (Lipinski definition) is 3. The van der Waals surface area contributed by atoms with Gasteiger partial charge in [-0.25, -0.2) is 4.98 Å². The largest absolute Gasteiger partial charge is 0.392 e. The summed E-state index contributed by atoms with van der Waals surface area (Å²) in [7, 11) is 0. The van der Waals surface area contributed by atoms with Gasteiger partial charge in [0.25, 0.3) is 0 Å². The zero-order valence-electron chi connectivity index (χ0n) is 6.53. The number of hydrogen-bond donors (Lipinski definition) is 1. The van der Waals surface area contributed by atoms with Crippen molar-refractivity contribution in [2.75, 3.05) is 0 Å². The number of thiazole rings is 1. The fraction of sp³-hybridized carbons (Fsp3) is 0.625. The van der Waals surface area contributed by atoms with Crippen LogP contribution in [0.4, 0.5) is 0 Å². The van der Waals surface area contributed by atoms with Crippen LogP contribution in [0.5, 0.6) is 0 Å². The monoisotopic (exact) mass is 247 g/mol. The Morgan fingerprint density at radius 3 is 2.92 bits per heavy atom. The van der Waals surface area contributed by atoms with Gasteiger partial charge in [0, 0.05) is 11.3 Å². The first kappa shape index (κ1) is 8.66. The Labute approximate surface area is 83.8 Å². The number of rotatable bonds is 1. The number of aliphatic hydroxyl groups is 1. The quantitative estimate of drug-likeness (QED) is 0.828. The van der Waals surface area contributed by atoms with Crippen LogP contribution in [0.15, 0.2) is 9.98 Å². The minimum Gasteiger partial charge on any atom is -0.392 e. The molecule has 2 atom stereocenters. The zero-order chi connectivity index (χ0) is 8.55. The maximum absolute atomic E-state index is 9.60. The van der Waals surface area contributed by atoms with E-state index < -0.39 is 0 Å². The van der Waals surface area contributed by atoms with Crippen LogP contribution in [0.2, 0.25) is 0 Å². The first-order valence-electron chi connectivity index (χ1n) is 4.06. The molecule has 1 aliphatic carbocycles. The van der Waals surface area contributed by atoms with Crippen molar-refractivity contribution in [3.63, 3.8) is 0 Å². The summed E-state index contributed by atoms with van der Waals surface area (Å²) in [6.07, 6.45) is 2.98. The molecule has 1 aromatic rings. The van der Waals surface area contributed by atoms with E-state index in [4.69, 9.17) is 0 Å². The highest BCUT2D eigenvalue weighted by Gasteiger charge is 2.28. The molecule has 0 aliphatic heterocycles. The summed E-state index contributed by atoms with van der Waals surface area (Å²) >= 11 is 4.95. The van der Waals surface area contributed by atoms with Gasteiger partial charge in [-0.1, -0.05) is 6.42 Å². The van der Waals surface area contributed by atoms with Crippen LogP contribution in [0.3, 0.4) is 0 Å². The van der Waals surface area contributed by atoms with Crippen LogP contribution in [-0.2, 0) is 0 Å². The Bertz CT molecular complexity index is 276. The van der Waals surface area contributed by atoms with Crippen LogP contribution >= 0.6 is 27.3 Å². The van der Waals surface area contributed by atoms with Crippen LogP contribution in [0.1, 0.15) is 30.2 Å². The van der Waals surface area contributed by atoms with Crippen molar-refractivity contribution in [3.05, 3.63) is 15.0 Å². The van der Waals surface area contributed by atoms with E-state index in [1.54, 1.807) is 11.3 Å². The van der Waals surface area contributed by atoms with Gasteiger partial charge in [-0.15, -0.1) is 11.3 Å². The van der Waals surface area contributed by atoms with E-state index in [0.29, 0.717) is 5.92 Å². The number of aromatic nitrogens is 1. The molecular formula is C8H10BrNOS. The first-order valence-corrected chi connectivity index (χ1v) is 5.73. The number of halogens is 1. The van der Waals surface area contributed by atoms with Crippen LogP contribution in [0, 0.1) is 0 Å². The topological polar surface area (TPSA) is 33.1 Å². The Balaban J connectivity index is 2.19. The molecule has 4 heteroatoms. The minimum atomic E-state index is -0.164. The Hall–Kier alpha value is 0.0700. The lowest BCUT2D eigenvalue weighted by molar-refractivity contribution is 0.163. The van der Waals surface area contributed by atoms with Crippen LogP contribution < -0.4 is 0 Å². The third-order valence-electron chi connectivity index (χ3n) is 2.29. The predicted molar refractivity (Wildman–Crippen MR) is 52.4 cm³/mol. The lowest BCUT2D eigenvalue weighted by Crippen LogP contribution is -2.10. The van der Waals surface area contributed by atoms with Gasteiger partial charge in [0.05, 0.1) is 11.1 Å². The average molecular weight is 248 g/mol. The van der Waals surface area contributed by atoms with Gasteiger partial charge in [-0.3, -0.25) is 0 Å². The fourth-order valence-corrected chi connectivity index (χ4v) is 3.13. The average Bonchev–Trinajstić information content (AvgIpc) is 2.58. The molecular weight excluding hydrogens is 238 g/mol. The summed E-state index contributed by atoms with van der Waals surface area (Å²) < 4.78 is 0.890. The third-order valence-corrected chi connectivity index (χ3v) is 3.98. The van der Waals surface area contributed by atoms with Gasteiger partial charge in [0.1, 0.15) is 4.60 Å². The summed E-state index contributed by atoms with van der Waals surface area (Å²) in [6, 6.07) is 0. The molecule has 1 N–H and O–H groups in total. The standard InChI is InChI=1S/C8H10BrNOS/c9-7-4-12-8(10-7)5-2-1-3-6(5)11/h4-6,11H,1-3H2/t5-,6-/m1/s1. The molecule has 2 nitrogen and oxygen atoms in total. The SMILES string of the molecule is O[C@@H]1CCC[C@H]1c1nc(Br)cs1. The molecule has 0 radical (unpaired) electrons. The first-order chi connectivity index (χ1) is 5.77. The van der Waals surface area contributed by atoms with Gasteiger partial charge in [0.2, 0.25) is 0 Å². The second-order valence-electron chi connectivity index (χ2n) is 3.11. The second-order valence-corrected chi connectivity index (χ2v) is 4.82. The summed E-state index contributed by atoms with van der Waals surface area (Å²) in [6.45, 7) is 0. The highest BCUT2D eigenvalue weighted by atomic mass is 79.9. The maximum Gasteiger partial charge on any atom is 0.117 e. The van der Waals surface area contributed by atoms with E-state index in [1.165, 1.54) is 0 Å². The molecule has 0 spiro atoms. The van der Waals surface area contributed by atoms with Gasteiger partial charge in [0.15, 0.2) is 0 Å². The Morgan fingerprint density at radius 2 is 2.42 bits per heavy atom. The molecule has 2 rings (SSSR count). The lowest BCUT2D eigenvalue weighted by atomic mass is 10.1. The Morgan fingerprint density at radius 1 is 1.58 bits per heavy atom. The zero-order valence-corrected chi connectivity index (χ0v) is 8.94. The summed E-state index contributed by atoms with van der Waals surface area (Å²) in [4.78, 5) is 4.32. The molecule has 0 amide bonds. The normalized spacial score (nSPS) is 29.5. The predicted octanol–water partition coefficient (Wildman–Crippen LogP) is 2.53. The molecule has 1 fully saturated rings. The van der Waals surface area contributed by atoms with Crippen molar-refractivity contribution in [3.8, 4) is 0 Å². The van der Waals surface area contributed by atoms with E-state index in [2.05, 4.69) is 20.9 Å². The van der Waals surface area contributed by atoms with Gasteiger partial charge >= 0.3 is 0 Å².